The van der Waals surface area contributed by atoms with E-state index in [2.05, 4.69) is 24.8 Å². The maximum absolute atomic E-state index is 10.1. The van der Waals surface area contributed by atoms with E-state index in [1.807, 2.05) is 0 Å². The molecule has 0 aromatic rings. The van der Waals surface area contributed by atoms with Gasteiger partial charge in [-0.2, -0.15) is 0 Å². The molecule has 86 valence electrons. The third kappa shape index (κ3) is 2.61. The van der Waals surface area contributed by atoms with Gasteiger partial charge in [0.15, 0.2) is 0 Å². The summed E-state index contributed by atoms with van der Waals surface area (Å²) in [6.07, 6.45) is 6.90. The van der Waals surface area contributed by atoms with Gasteiger partial charge in [0, 0.05) is 12.6 Å². The molecule has 15 heavy (non-hydrogen) atoms. The second-order valence-electron chi connectivity index (χ2n) is 5.37. The van der Waals surface area contributed by atoms with Crippen molar-refractivity contribution in [3.05, 3.63) is 11.6 Å². The van der Waals surface area contributed by atoms with Crippen LogP contribution in [0.5, 0.6) is 0 Å². The summed E-state index contributed by atoms with van der Waals surface area (Å²) in [6.45, 7) is 6.69. The Balaban J connectivity index is 2.04. The summed E-state index contributed by atoms with van der Waals surface area (Å²) < 4.78 is 0. The molecule has 0 aromatic carbocycles. The van der Waals surface area contributed by atoms with Crippen molar-refractivity contribution in [3.63, 3.8) is 0 Å². The molecule has 0 amide bonds. The van der Waals surface area contributed by atoms with E-state index < -0.39 is 0 Å². The van der Waals surface area contributed by atoms with Crippen LogP contribution in [-0.2, 0) is 0 Å². The summed E-state index contributed by atoms with van der Waals surface area (Å²) in [6, 6.07) is 0.447. The molecule has 2 fully saturated rings. The van der Waals surface area contributed by atoms with Gasteiger partial charge in [0.2, 0.25) is 0 Å². The molecule has 2 rings (SSSR count). The minimum Gasteiger partial charge on any atom is -0.391 e. The number of hydrogen-bond acceptors (Lipinski definition) is 2. The lowest BCUT2D eigenvalue weighted by Crippen LogP contribution is -2.51. The molecule has 2 atom stereocenters. The fourth-order valence-electron chi connectivity index (χ4n) is 2.97. The third-order valence-corrected chi connectivity index (χ3v) is 3.55. The molecule has 2 saturated heterocycles. The highest BCUT2D eigenvalue weighted by Crippen LogP contribution is 2.29. The maximum atomic E-state index is 10.1. The van der Waals surface area contributed by atoms with Crippen LogP contribution in [0.15, 0.2) is 11.6 Å². The monoisotopic (exact) mass is 209 g/mol. The summed E-state index contributed by atoms with van der Waals surface area (Å²) in [4.78, 5) is 2.48. The normalized spacial score (nSPS) is 35.9. The van der Waals surface area contributed by atoms with Crippen LogP contribution in [-0.4, -0.2) is 35.2 Å². The van der Waals surface area contributed by atoms with Crippen molar-refractivity contribution >= 4 is 0 Å². The van der Waals surface area contributed by atoms with Crippen LogP contribution in [0.4, 0.5) is 0 Å². The Labute approximate surface area is 93.0 Å². The first-order valence-corrected chi connectivity index (χ1v) is 6.28. The highest BCUT2D eigenvalue weighted by Gasteiger charge is 2.33. The summed E-state index contributed by atoms with van der Waals surface area (Å²) in [5.74, 6) is 0.605. The molecule has 0 saturated carbocycles. The zero-order valence-electron chi connectivity index (χ0n) is 9.95. The van der Waals surface area contributed by atoms with E-state index in [4.69, 9.17) is 0 Å². The second kappa shape index (κ2) is 4.67. The van der Waals surface area contributed by atoms with Crippen molar-refractivity contribution in [2.24, 2.45) is 5.92 Å². The Hall–Kier alpha value is -0.340. The zero-order valence-corrected chi connectivity index (χ0v) is 9.95. The van der Waals surface area contributed by atoms with E-state index >= 15 is 0 Å². The van der Waals surface area contributed by atoms with Crippen molar-refractivity contribution in [1.82, 2.24) is 4.90 Å². The van der Waals surface area contributed by atoms with E-state index in [1.165, 1.54) is 31.4 Å². The third-order valence-electron chi connectivity index (χ3n) is 3.55. The molecule has 1 N–H and O–H groups in total. The van der Waals surface area contributed by atoms with Crippen molar-refractivity contribution < 1.29 is 5.11 Å². The first kappa shape index (κ1) is 11.2. The Morgan fingerprint density at radius 3 is 2.93 bits per heavy atom. The lowest BCUT2D eigenvalue weighted by atomic mass is 9.87. The van der Waals surface area contributed by atoms with Crippen LogP contribution >= 0.6 is 0 Å². The minimum absolute atomic E-state index is 0.121. The molecular weight excluding hydrogens is 186 g/mol. The molecule has 0 aliphatic carbocycles. The molecule has 0 spiro atoms. The molecule has 0 bridgehead atoms. The minimum atomic E-state index is -0.121. The summed E-state index contributed by atoms with van der Waals surface area (Å²) in [7, 11) is 0. The number of aliphatic hydroxyl groups excluding tert-OH is 1. The molecule has 1 unspecified atom stereocenters. The van der Waals surface area contributed by atoms with E-state index in [1.54, 1.807) is 0 Å². The lowest BCUT2D eigenvalue weighted by Gasteiger charge is -2.43. The SMILES string of the molecule is CC(C)/C=C1\C[C@H](O)C2CCCCN2C1. The van der Waals surface area contributed by atoms with Crippen molar-refractivity contribution in [1.29, 1.82) is 0 Å². The molecule has 2 aliphatic rings. The van der Waals surface area contributed by atoms with Gasteiger partial charge in [-0.15, -0.1) is 0 Å². The quantitative estimate of drug-likeness (QED) is 0.669. The van der Waals surface area contributed by atoms with Crippen molar-refractivity contribution in [2.75, 3.05) is 13.1 Å². The molecule has 2 heterocycles. The van der Waals surface area contributed by atoms with Gasteiger partial charge in [-0.1, -0.05) is 31.9 Å². The van der Waals surface area contributed by atoms with Gasteiger partial charge in [0.05, 0.1) is 6.10 Å². The highest BCUT2D eigenvalue weighted by atomic mass is 16.3. The van der Waals surface area contributed by atoms with E-state index in [-0.39, 0.29) is 6.10 Å². The van der Waals surface area contributed by atoms with Gasteiger partial charge >= 0.3 is 0 Å². The first-order chi connectivity index (χ1) is 7.16. The van der Waals surface area contributed by atoms with Gasteiger partial charge in [0.25, 0.3) is 0 Å². The summed E-state index contributed by atoms with van der Waals surface area (Å²) in [5.41, 5.74) is 1.44. The fraction of sp³-hybridized carbons (Fsp3) is 0.846. The number of piperidine rings is 2. The Morgan fingerprint density at radius 2 is 2.20 bits per heavy atom. The van der Waals surface area contributed by atoms with Crippen LogP contribution in [0.3, 0.4) is 0 Å². The first-order valence-electron chi connectivity index (χ1n) is 6.28. The van der Waals surface area contributed by atoms with Crippen LogP contribution in [0.25, 0.3) is 0 Å². The van der Waals surface area contributed by atoms with Gasteiger partial charge in [-0.25, -0.2) is 0 Å². The smallest absolute Gasteiger partial charge is 0.0733 e. The number of fused-ring (bicyclic) bond motifs is 1. The number of aliphatic hydroxyl groups is 1. The summed E-state index contributed by atoms with van der Waals surface area (Å²) in [5, 5.41) is 10.1. The predicted octanol–water partition coefficient (Wildman–Crippen LogP) is 2.19. The molecular formula is C13H23NO. The predicted molar refractivity (Wildman–Crippen MR) is 62.8 cm³/mol. The van der Waals surface area contributed by atoms with E-state index in [0.717, 1.165) is 13.0 Å². The van der Waals surface area contributed by atoms with Crippen LogP contribution < -0.4 is 0 Å². The molecule has 0 radical (unpaired) electrons. The largest absolute Gasteiger partial charge is 0.391 e. The molecule has 2 heteroatoms. The number of nitrogens with zero attached hydrogens (tertiary/aromatic N) is 1. The van der Waals surface area contributed by atoms with Gasteiger partial charge in [-0.05, 0) is 31.7 Å². The average molecular weight is 209 g/mol. The number of allylic oxidation sites excluding steroid dienone is 1. The fourth-order valence-corrected chi connectivity index (χ4v) is 2.97. The Bertz CT molecular complexity index is 247. The topological polar surface area (TPSA) is 23.5 Å². The number of hydrogen-bond donors (Lipinski definition) is 1. The molecule has 2 aliphatic heterocycles. The Kier molecular flexibility index (Phi) is 3.47. The second-order valence-corrected chi connectivity index (χ2v) is 5.37. The number of rotatable bonds is 1. The molecule has 0 aromatic heterocycles. The van der Waals surface area contributed by atoms with Crippen LogP contribution in [0.1, 0.15) is 39.5 Å². The van der Waals surface area contributed by atoms with Crippen LogP contribution in [0.2, 0.25) is 0 Å². The maximum Gasteiger partial charge on any atom is 0.0733 e. The molecule has 2 nitrogen and oxygen atoms in total. The Morgan fingerprint density at radius 1 is 1.40 bits per heavy atom. The van der Waals surface area contributed by atoms with Gasteiger partial charge in [0.1, 0.15) is 0 Å². The van der Waals surface area contributed by atoms with Crippen molar-refractivity contribution in [3.8, 4) is 0 Å². The lowest BCUT2D eigenvalue weighted by molar-refractivity contribution is 0.0110. The average Bonchev–Trinajstić information content (AvgIpc) is 2.16. The van der Waals surface area contributed by atoms with E-state index in [0.29, 0.717) is 12.0 Å². The van der Waals surface area contributed by atoms with Gasteiger partial charge < -0.3 is 5.11 Å². The summed E-state index contributed by atoms with van der Waals surface area (Å²) >= 11 is 0. The van der Waals surface area contributed by atoms with E-state index in [9.17, 15) is 5.11 Å². The highest BCUT2D eigenvalue weighted by molar-refractivity contribution is 5.13. The van der Waals surface area contributed by atoms with Gasteiger partial charge in [-0.3, -0.25) is 4.90 Å². The van der Waals surface area contributed by atoms with Crippen molar-refractivity contribution in [2.45, 2.75) is 51.7 Å². The zero-order chi connectivity index (χ0) is 10.8. The van der Waals surface area contributed by atoms with Crippen LogP contribution in [0, 0.1) is 5.92 Å². The standard InChI is InChI=1S/C13H23NO/c1-10(2)7-11-8-13(15)12-5-3-4-6-14(12)9-11/h7,10,12-13,15H,3-6,8-9H2,1-2H3/b11-7+/t12?,13-/m0/s1.